The quantitative estimate of drug-likeness (QED) is 0.823. The molecular formula is C18H32N6O. The van der Waals surface area contributed by atoms with Crippen LogP contribution in [0.15, 0.2) is 18.3 Å². The largest absolute Gasteiger partial charge is 0.366 e. The normalized spacial score (nSPS) is 17.4. The Morgan fingerprint density at radius 3 is 2.64 bits per heavy atom. The van der Waals surface area contributed by atoms with Crippen molar-refractivity contribution in [2.75, 3.05) is 39.0 Å². The first-order valence-electron chi connectivity index (χ1n) is 9.02. The number of piperidine rings is 1. The maximum atomic E-state index is 12.6. The number of nitrogens with one attached hydrogen (secondary N) is 2. The van der Waals surface area contributed by atoms with Gasteiger partial charge < -0.3 is 20.4 Å². The fourth-order valence-electron chi connectivity index (χ4n) is 3.24. The summed E-state index contributed by atoms with van der Waals surface area (Å²) >= 11 is 0. The average molecular weight is 348 g/mol. The molecule has 1 saturated heterocycles. The highest BCUT2D eigenvalue weighted by Crippen LogP contribution is 2.22. The zero-order valence-corrected chi connectivity index (χ0v) is 16.1. The molecule has 0 spiro atoms. The fourth-order valence-corrected chi connectivity index (χ4v) is 3.24. The van der Waals surface area contributed by atoms with Crippen molar-refractivity contribution in [2.24, 2.45) is 5.41 Å². The van der Waals surface area contributed by atoms with E-state index in [-0.39, 0.29) is 17.5 Å². The van der Waals surface area contributed by atoms with E-state index in [2.05, 4.69) is 60.6 Å². The monoisotopic (exact) mass is 348 g/mol. The third kappa shape index (κ3) is 5.85. The Hall–Kier alpha value is -1.89. The number of aromatic nitrogens is 2. The molecule has 140 valence electrons. The summed E-state index contributed by atoms with van der Waals surface area (Å²) in [4.78, 5) is 16.6. The summed E-state index contributed by atoms with van der Waals surface area (Å²) in [6.07, 6.45) is 3.50. The SMILES string of the molecule is C[C@H](NC(=O)N1CCC(Nc2cccnn2)CC1)C(C)(C)CN(C)C. The summed E-state index contributed by atoms with van der Waals surface area (Å²) in [6.45, 7) is 8.90. The van der Waals surface area contributed by atoms with Crippen LogP contribution in [-0.2, 0) is 0 Å². The van der Waals surface area contributed by atoms with Crippen molar-refractivity contribution >= 4 is 11.8 Å². The van der Waals surface area contributed by atoms with E-state index in [1.165, 1.54) is 0 Å². The molecule has 1 atom stereocenters. The smallest absolute Gasteiger partial charge is 0.317 e. The first kappa shape index (κ1) is 19.4. The lowest BCUT2D eigenvalue weighted by atomic mass is 9.85. The van der Waals surface area contributed by atoms with Gasteiger partial charge in [-0.2, -0.15) is 5.10 Å². The van der Waals surface area contributed by atoms with E-state index in [0.29, 0.717) is 6.04 Å². The molecule has 25 heavy (non-hydrogen) atoms. The highest BCUT2D eigenvalue weighted by atomic mass is 16.2. The van der Waals surface area contributed by atoms with Gasteiger partial charge in [-0.25, -0.2) is 4.79 Å². The van der Waals surface area contributed by atoms with Crippen molar-refractivity contribution in [2.45, 2.75) is 45.7 Å². The van der Waals surface area contributed by atoms with Gasteiger partial charge in [0.2, 0.25) is 0 Å². The number of hydrogen-bond acceptors (Lipinski definition) is 5. The van der Waals surface area contributed by atoms with Gasteiger partial charge in [-0.15, -0.1) is 5.10 Å². The molecule has 2 amide bonds. The van der Waals surface area contributed by atoms with Crippen LogP contribution in [0, 0.1) is 5.41 Å². The molecular weight excluding hydrogens is 316 g/mol. The zero-order valence-electron chi connectivity index (χ0n) is 16.1. The van der Waals surface area contributed by atoms with Crippen molar-refractivity contribution in [3.63, 3.8) is 0 Å². The number of urea groups is 1. The highest BCUT2D eigenvalue weighted by Gasteiger charge is 2.30. The van der Waals surface area contributed by atoms with Crippen molar-refractivity contribution in [3.05, 3.63) is 18.3 Å². The van der Waals surface area contributed by atoms with Crippen molar-refractivity contribution in [1.29, 1.82) is 0 Å². The van der Waals surface area contributed by atoms with E-state index in [1.807, 2.05) is 17.0 Å². The number of carbonyl (C=O) groups is 1. The number of hydrogen-bond donors (Lipinski definition) is 2. The van der Waals surface area contributed by atoms with Gasteiger partial charge in [0.25, 0.3) is 0 Å². The number of carbonyl (C=O) groups excluding carboxylic acids is 1. The molecule has 0 radical (unpaired) electrons. The maximum absolute atomic E-state index is 12.6. The molecule has 7 heteroatoms. The lowest BCUT2D eigenvalue weighted by Crippen LogP contribution is -2.53. The Balaban J connectivity index is 1.79. The average Bonchev–Trinajstić information content (AvgIpc) is 2.55. The van der Waals surface area contributed by atoms with Gasteiger partial charge in [0.05, 0.1) is 0 Å². The van der Waals surface area contributed by atoms with Gasteiger partial charge in [-0.3, -0.25) is 0 Å². The van der Waals surface area contributed by atoms with Crippen LogP contribution < -0.4 is 10.6 Å². The molecule has 0 saturated carbocycles. The Kier molecular flexibility index (Phi) is 6.58. The second-order valence-electron chi connectivity index (χ2n) is 7.91. The minimum Gasteiger partial charge on any atom is -0.366 e. The summed E-state index contributed by atoms with van der Waals surface area (Å²) < 4.78 is 0. The Morgan fingerprint density at radius 1 is 1.40 bits per heavy atom. The predicted octanol–water partition coefficient (Wildman–Crippen LogP) is 2.04. The summed E-state index contributed by atoms with van der Waals surface area (Å²) in [5.41, 5.74) is 0.0189. The van der Waals surface area contributed by atoms with Crippen LogP contribution in [0.5, 0.6) is 0 Å². The van der Waals surface area contributed by atoms with Gasteiger partial charge in [0, 0.05) is 37.9 Å². The van der Waals surface area contributed by atoms with Crippen LogP contribution in [0.3, 0.4) is 0 Å². The van der Waals surface area contributed by atoms with E-state index in [4.69, 9.17) is 0 Å². The Morgan fingerprint density at radius 2 is 2.08 bits per heavy atom. The van der Waals surface area contributed by atoms with Gasteiger partial charge in [0.15, 0.2) is 0 Å². The number of likely N-dealkylation sites (tertiary alicyclic amines) is 1. The van der Waals surface area contributed by atoms with Crippen molar-refractivity contribution in [3.8, 4) is 0 Å². The third-order valence-corrected chi connectivity index (χ3v) is 4.94. The minimum atomic E-state index is 0.0189. The third-order valence-electron chi connectivity index (χ3n) is 4.94. The molecule has 1 aliphatic heterocycles. The van der Waals surface area contributed by atoms with Gasteiger partial charge in [0.1, 0.15) is 5.82 Å². The molecule has 1 aromatic heterocycles. The minimum absolute atomic E-state index is 0.0189. The lowest BCUT2D eigenvalue weighted by Gasteiger charge is -2.38. The molecule has 2 rings (SSSR count). The molecule has 0 bridgehead atoms. The van der Waals surface area contributed by atoms with E-state index in [1.54, 1.807) is 6.20 Å². The summed E-state index contributed by atoms with van der Waals surface area (Å²) in [6, 6.07) is 4.27. The van der Waals surface area contributed by atoms with E-state index >= 15 is 0 Å². The molecule has 0 aromatic carbocycles. The number of amides is 2. The van der Waals surface area contributed by atoms with Gasteiger partial charge >= 0.3 is 6.03 Å². The molecule has 0 aliphatic carbocycles. The first-order chi connectivity index (χ1) is 11.8. The molecule has 2 N–H and O–H groups in total. The first-order valence-corrected chi connectivity index (χ1v) is 9.02. The summed E-state index contributed by atoms with van der Waals surface area (Å²) in [5.74, 6) is 0.796. The van der Waals surface area contributed by atoms with E-state index in [0.717, 1.165) is 38.3 Å². The van der Waals surface area contributed by atoms with Crippen LogP contribution in [0.2, 0.25) is 0 Å². The van der Waals surface area contributed by atoms with Crippen LogP contribution in [0.25, 0.3) is 0 Å². The fraction of sp³-hybridized carbons (Fsp3) is 0.722. The van der Waals surface area contributed by atoms with Crippen LogP contribution in [0.1, 0.15) is 33.6 Å². The molecule has 0 unspecified atom stereocenters. The molecule has 1 fully saturated rings. The van der Waals surface area contributed by atoms with Crippen LogP contribution in [-0.4, -0.2) is 71.8 Å². The van der Waals surface area contributed by atoms with Crippen LogP contribution in [0.4, 0.5) is 10.6 Å². The van der Waals surface area contributed by atoms with Gasteiger partial charge in [-0.1, -0.05) is 13.8 Å². The second-order valence-corrected chi connectivity index (χ2v) is 7.91. The molecule has 2 heterocycles. The topological polar surface area (TPSA) is 73.4 Å². The second kappa shape index (κ2) is 8.47. The molecule has 1 aromatic rings. The maximum Gasteiger partial charge on any atom is 0.317 e. The van der Waals surface area contributed by atoms with Crippen molar-refractivity contribution in [1.82, 2.24) is 25.3 Å². The number of nitrogens with zero attached hydrogens (tertiary/aromatic N) is 4. The standard InChI is InChI=1S/C18H32N6O/c1-14(18(2,3)13-23(4)5)20-17(25)24-11-8-15(9-12-24)21-16-7-6-10-19-22-16/h6-7,10,14-15H,8-9,11-13H2,1-5H3,(H,20,25)(H,21,22)/t14-/m0/s1. The van der Waals surface area contributed by atoms with Crippen LogP contribution >= 0.6 is 0 Å². The molecule has 1 aliphatic rings. The number of anilines is 1. The highest BCUT2D eigenvalue weighted by molar-refractivity contribution is 5.74. The summed E-state index contributed by atoms with van der Waals surface area (Å²) in [7, 11) is 4.12. The Labute approximate surface area is 151 Å². The summed E-state index contributed by atoms with van der Waals surface area (Å²) in [5, 5.41) is 14.5. The number of rotatable bonds is 6. The van der Waals surface area contributed by atoms with E-state index in [9.17, 15) is 4.79 Å². The van der Waals surface area contributed by atoms with E-state index < -0.39 is 0 Å². The van der Waals surface area contributed by atoms with Gasteiger partial charge in [-0.05, 0) is 51.4 Å². The van der Waals surface area contributed by atoms with Crippen molar-refractivity contribution < 1.29 is 4.79 Å². The molecule has 7 nitrogen and oxygen atoms in total. The Bertz CT molecular complexity index is 540. The zero-order chi connectivity index (χ0) is 18.4. The predicted molar refractivity (Wildman–Crippen MR) is 101 cm³/mol. The lowest BCUT2D eigenvalue weighted by molar-refractivity contribution is 0.153.